The lowest BCUT2D eigenvalue weighted by atomic mass is 9.97. The Morgan fingerprint density at radius 3 is 2.71 bits per heavy atom. The van der Waals surface area contributed by atoms with Crippen LogP contribution >= 0.6 is 11.6 Å². The van der Waals surface area contributed by atoms with E-state index in [4.69, 9.17) is 11.6 Å². The first kappa shape index (κ1) is 18.5. The fourth-order valence-electron chi connectivity index (χ4n) is 5.20. The fraction of sp³-hybridized carbons (Fsp3) is 0.550. The highest BCUT2D eigenvalue weighted by atomic mass is 35.5. The van der Waals surface area contributed by atoms with Gasteiger partial charge in [-0.1, -0.05) is 11.6 Å². The highest BCUT2D eigenvalue weighted by molar-refractivity contribution is 7.91. The summed E-state index contributed by atoms with van der Waals surface area (Å²) >= 11 is 6.31. The highest BCUT2D eigenvalue weighted by Crippen LogP contribution is 2.47. The second-order valence-electron chi connectivity index (χ2n) is 8.26. The normalized spacial score (nSPS) is 26.6. The van der Waals surface area contributed by atoms with Gasteiger partial charge >= 0.3 is 0 Å². The van der Waals surface area contributed by atoms with Crippen LogP contribution in [0.25, 0.3) is 10.9 Å². The Kier molecular flexibility index (Phi) is 4.27. The van der Waals surface area contributed by atoms with Crippen molar-refractivity contribution in [3.05, 3.63) is 34.5 Å². The van der Waals surface area contributed by atoms with Gasteiger partial charge in [0.25, 0.3) is 0 Å². The molecule has 28 heavy (non-hydrogen) atoms. The Bertz CT molecular complexity index is 1060. The zero-order valence-corrected chi connectivity index (χ0v) is 17.5. The summed E-state index contributed by atoms with van der Waals surface area (Å²) in [4.78, 5) is 17.1. The van der Waals surface area contributed by atoms with E-state index in [9.17, 15) is 13.2 Å². The first-order valence-electron chi connectivity index (χ1n) is 9.85. The molecule has 6 nitrogen and oxygen atoms in total. The number of nitrogens with zero attached hydrogens (tertiary/aromatic N) is 3. The molecule has 3 aliphatic rings. The number of hydrogen-bond donors (Lipinski definition) is 0. The van der Waals surface area contributed by atoms with Crippen molar-refractivity contribution in [2.75, 3.05) is 31.6 Å². The van der Waals surface area contributed by atoms with Gasteiger partial charge < -0.3 is 9.47 Å². The molecule has 2 aromatic rings. The maximum atomic E-state index is 13.0. The molecule has 0 aliphatic carbocycles. The Labute approximate surface area is 170 Å². The molecule has 2 fully saturated rings. The number of carbonyl (C=O) groups is 1. The zero-order valence-electron chi connectivity index (χ0n) is 15.9. The van der Waals surface area contributed by atoms with E-state index in [1.54, 1.807) is 4.90 Å². The predicted molar refractivity (Wildman–Crippen MR) is 109 cm³/mol. The maximum Gasteiger partial charge on any atom is 0.242 e. The fourth-order valence-corrected chi connectivity index (χ4v) is 6.58. The van der Waals surface area contributed by atoms with E-state index in [-0.39, 0.29) is 24.0 Å². The number of fused-ring (bicyclic) bond motifs is 6. The third-order valence-electron chi connectivity index (χ3n) is 6.77. The molecule has 0 spiro atoms. The Morgan fingerprint density at radius 2 is 1.96 bits per heavy atom. The van der Waals surface area contributed by atoms with E-state index in [0.29, 0.717) is 30.2 Å². The van der Waals surface area contributed by atoms with Crippen LogP contribution < -0.4 is 0 Å². The van der Waals surface area contributed by atoms with Crippen LogP contribution in [0.4, 0.5) is 0 Å². The first-order chi connectivity index (χ1) is 13.3. The Morgan fingerprint density at radius 1 is 1.21 bits per heavy atom. The van der Waals surface area contributed by atoms with Crippen molar-refractivity contribution in [3.63, 3.8) is 0 Å². The van der Waals surface area contributed by atoms with Gasteiger partial charge in [0.2, 0.25) is 5.91 Å². The van der Waals surface area contributed by atoms with Crippen molar-refractivity contribution < 1.29 is 13.2 Å². The first-order valence-corrected chi connectivity index (χ1v) is 12.0. The highest BCUT2D eigenvalue weighted by Gasteiger charge is 2.41. The third kappa shape index (κ3) is 2.86. The topological polar surface area (TPSA) is 62.6 Å². The summed E-state index contributed by atoms with van der Waals surface area (Å²) in [5.41, 5.74) is 3.62. The van der Waals surface area contributed by atoms with E-state index in [2.05, 4.69) is 16.5 Å². The van der Waals surface area contributed by atoms with Gasteiger partial charge in [0.1, 0.15) is 6.54 Å². The van der Waals surface area contributed by atoms with Crippen molar-refractivity contribution in [3.8, 4) is 0 Å². The van der Waals surface area contributed by atoms with Gasteiger partial charge in [-0.05, 0) is 43.7 Å². The number of hydrogen-bond acceptors (Lipinski definition) is 4. The largest absolute Gasteiger partial charge is 0.339 e. The number of sulfone groups is 1. The number of likely N-dealkylation sites (N-methyl/N-ethyl adjacent to an activating group) is 1. The molecule has 1 aromatic carbocycles. The number of carbonyl (C=O) groups excluding carboxylic acids is 1. The molecule has 0 N–H and O–H groups in total. The number of amides is 1. The SMILES string of the molecule is CN1C2CCC1c1c(n(CC(=O)N3CCS(=O)(=O)CC3)c3ccc(Cl)cc13)C2. The van der Waals surface area contributed by atoms with Crippen LogP contribution in [0.2, 0.25) is 5.02 Å². The lowest BCUT2D eigenvalue weighted by Gasteiger charge is -2.33. The molecule has 2 atom stereocenters. The van der Waals surface area contributed by atoms with E-state index < -0.39 is 9.84 Å². The number of rotatable bonds is 2. The third-order valence-corrected chi connectivity index (χ3v) is 8.61. The number of aromatic nitrogens is 1. The van der Waals surface area contributed by atoms with Crippen LogP contribution in [-0.4, -0.2) is 66.4 Å². The molecule has 4 heterocycles. The minimum atomic E-state index is -3.00. The standard InChI is InChI=1S/C20H24ClN3O3S/c1-22-14-3-5-17(22)20-15-10-13(21)2-4-16(15)24(18(20)11-14)12-19(25)23-6-8-28(26,27)9-7-23/h2,4,10,14,17H,3,5-9,11-12H2,1H3. The van der Waals surface area contributed by atoms with Crippen molar-refractivity contribution in [2.45, 2.75) is 37.9 Å². The second kappa shape index (κ2) is 6.47. The molecule has 0 radical (unpaired) electrons. The van der Waals surface area contributed by atoms with Crippen LogP contribution in [0, 0.1) is 0 Å². The summed E-state index contributed by atoms with van der Waals surface area (Å²) in [5.74, 6) is 0.123. The number of halogens is 1. The summed E-state index contributed by atoms with van der Waals surface area (Å²) in [6, 6.07) is 6.82. The van der Waals surface area contributed by atoms with Gasteiger partial charge in [-0.25, -0.2) is 8.42 Å². The minimum Gasteiger partial charge on any atom is -0.339 e. The average molecular weight is 422 g/mol. The summed E-state index contributed by atoms with van der Waals surface area (Å²) in [6.45, 7) is 0.849. The van der Waals surface area contributed by atoms with Crippen molar-refractivity contribution in [1.29, 1.82) is 0 Å². The average Bonchev–Trinajstić information content (AvgIpc) is 3.05. The van der Waals surface area contributed by atoms with Crippen LogP contribution in [0.15, 0.2) is 18.2 Å². The van der Waals surface area contributed by atoms with Crippen LogP contribution in [0.3, 0.4) is 0 Å². The Balaban J connectivity index is 1.54. The van der Waals surface area contributed by atoms with E-state index >= 15 is 0 Å². The molecule has 0 saturated carbocycles. The summed E-state index contributed by atoms with van der Waals surface area (Å²) in [5, 5.41) is 1.86. The molecule has 150 valence electrons. The lowest BCUT2D eigenvalue weighted by molar-refractivity contribution is -0.131. The second-order valence-corrected chi connectivity index (χ2v) is 11.0. The van der Waals surface area contributed by atoms with Gasteiger partial charge in [0.05, 0.1) is 11.5 Å². The molecule has 2 saturated heterocycles. The molecule has 1 amide bonds. The molecular formula is C20H24ClN3O3S. The van der Waals surface area contributed by atoms with Crippen molar-refractivity contribution in [1.82, 2.24) is 14.4 Å². The minimum absolute atomic E-state index is 0.00387. The van der Waals surface area contributed by atoms with Crippen LogP contribution in [0.5, 0.6) is 0 Å². The molecule has 1 aromatic heterocycles. The lowest BCUT2D eigenvalue weighted by Crippen LogP contribution is -2.45. The smallest absolute Gasteiger partial charge is 0.242 e. The zero-order chi connectivity index (χ0) is 19.6. The van der Waals surface area contributed by atoms with E-state index in [0.717, 1.165) is 23.7 Å². The van der Waals surface area contributed by atoms with Crippen molar-refractivity contribution >= 4 is 38.2 Å². The Hall–Kier alpha value is -1.57. The van der Waals surface area contributed by atoms with Gasteiger partial charge in [0.15, 0.2) is 9.84 Å². The predicted octanol–water partition coefficient (Wildman–Crippen LogP) is 2.24. The van der Waals surface area contributed by atoms with E-state index in [1.807, 2.05) is 18.2 Å². The van der Waals surface area contributed by atoms with Crippen LogP contribution in [-0.2, 0) is 27.6 Å². The van der Waals surface area contributed by atoms with Gasteiger partial charge in [-0.2, -0.15) is 0 Å². The molecule has 3 aliphatic heterocycles. The summed E-state index contributed by atoms with van der Waals surface area (Å²) < 4.78 is 25.5. The molecular weight excluding hydrogens is 398 g/mol. The van der Waals surface area contributed by atoms with Crippen molar-refractivity contribution in [2.24, 2.45) is 0 Å². The molecule has 2 unspecified atom stereocenters. The maximum absolute atomic E-state index is 13.0. The summed E-state index contributed by atoms with van der Waals surface area (Å²) in [7, 11) is -0.806. The summed E-state index contributed by atoms with van der Waals surface area (Å²) in [6.07, 6.45) is 3.25. The van der Waals surface area contributed by atoms with Gasteiger partial charge in [0, 0.05) is 53.2 Å². The number of benzene rings is 1. The molecule has 5 rings (SSSR count). The quantitative estimate of drug-likeness (QED) is 0.746. The van der Waals surface area contributed by atoms with E-state index in [1.165, 1.54) is 17.7 Å². The van der Waals surface area contributed by atoms with Gasteiger partial charge in [-0.3, -0.25) is 9.69 Å². The molecule has 8 heteroatoms. The van der Waals surface area contributed by atoms with Crippen LogP contribution in [0.1, 0.15) is 30.1 Å². The molecule has 2 bridgehead atoms. The monoisotopic (exact) mass is 421 g/mol. The van der Waals surface area contributed by atoms with Gasteiger partial charge in [-0.15, -0.1) is 0 Å².